The Bertz CT molecular complexity index is 973. The maximum atomic E-state index is 13.0. The van der Waals surface area contributed by atoms with Crippen molar-refractivity contribution in [3.8, 4) is 0 Å². The van der Waals surface area contributed by atoms with Crippen LogP contribution in [0.5, 0.6) is 0 Å². The lowest BCUT2D eigenvalue weighted by Crippen LogP contribution is -2.29. The average molecular weight is 440 g/mol. The molecule has 1 amide bonds. The Hall–Kier alpha value is -2.08. The standard InChI is InChI=1S/C20H17Cl3N2O3/c1-11(2)7-18(26)28-24-19-14-9-13(21)4-6-17(14)25(20(19)27)10-12-3-5-15(22)16(23)8-12/h3-6,8-9,11H,7,10H2,1-2H3/b24-19-. The Morgan fingerprint density at radius 1 is 1.11 bits per heavy atom. The van der Waals surface area contributed by atoms with Crippen molar-refractivity contribution in [2.75, 3.05) is 4.90 Å². The van der Waals surface area contributed by atoms with Gasteiger partial charge < -0.3 is 9.74 Å². The van der Waals surface area contributed by atoms with Gasteiger partial charge in [-0.2, -0.15) is 0 Å². The zero-order valence-corrected chi connectivity index (χ0v) is 17.5. The topological polar surface area (TPSA) is 59.0 Å². The first-order valence-electron chi connectivity index (χ1n) is 8.60. The number of fused-ring (bicyclic) bond motifs is 1. The van der Waals surface area contributed by atoms with Crippen LogP contribution in [-0.2, 0) is 21.0 Å². The molecule has 0 aliphatic carbocycles. The highest BCUT2D eigenvalue weighted by molar-refractivity contribution is 6.54. The fourth-order valence-electron chi connectivity index (χ4n) is 2.82. The van der Waals surface area contributed by atoms with Crippen molar-refractivity contribution in [3.63, 3.8) is 0 Å². The van der Waals surface area contributed by atoms with Gasteiger partial charge in [0.1, 0.15) is 0 Å². The molecular formula is C20H17Cl3N2O3. The van der Waals surface area contributed by atoms with E-state index in [0.29, 0.717) is 26.3 Å². The predicted octanol–water partition coefficient (Wildman–Crippen LogP) is 5.49. The van der Waals surface area contributed by atoms with Crippen LogP contribution in [0.4, 0.5) is 5.69 Å². The molecule has 5 nitrogen and oxygen atoms in total. The lowest BCUT2D eigenvalue weighted by Gasteiger charge is -2.17. The van der Waals surface area contributed by atoms with E-state index < -0.39 is 5.97 Å². The van der Waals surface area contributed by atoms with Gasteiger partial charge in [0, 0.05) is 10.6 Å². The highest BCUT2D eigenvalue weighted by Gasteiger charge is 2.35. The molecule has 1 aliphatic rings. The van der Waals surface area contributed by atoms with E-state index in [1.54, 1.807) is 36.4 Å². The number of nitrogens with zero attached hydrogens (tertiary/aromatic N) is 2. The van der Waals surface area contributed by atoms with E-state index in [2.05, 4.69) is 5.16 Å². The fraction of sp³-hybridized carbons (Fsp3) is 0.250. The van der Waals surface area contributed by atoms with Gasteiger partial charge in [-0.1, -0.05) is 59.9 Å². The second-order valence-corrected chi connectivity index (χ2v) is 8.05. The number of amides is 1. The largest absolute Gasteiger partial charge is 0.335 e. The molecule has 0 aromatic heterocycles. The summed E-state index contributed by atoms with van der Waals surface area (Å²) in [6.07, 6.45) is 0.209. The molecule has 0 bridgehead atoms. The molecular weight excluding hydrogens is 423 g/mol. The van der Waals surface area contributed by atoms with Crippen LogP contribution < -0.4 is 4.90 Å². The SMILES string of the molecule is CC(C)CC(=O)O/N=C1\C(=O)N(Cc2ccc(Cl)c(Cl)c2)c2ccc(Cl)cc21. The molecule has 146 valence electrons. The van der Waals surface area contributed by atoms with Gasteiger partial charge in [0.15, 0.2) is 5.71 Å². The molecule has 3 rings (SSSR count). The molecule has 0 radical (unpaired) electrons. The Kier molecular flexibility index (Phi) is 6.28. The van der Waals surface area contributed by atoms with Crippen LogP contribution in [0.1, 0.15) is 31.4 Å². The maximum absolute atomic E-state index is 13.0. The highest BCUT2D eigenvalue weighted by Crippen LogP contribution is 2.34. The molecule has 0 spiro atoms. The molecule has 2 aromatic carbocycles. The summed E-state index contributed by atoms with van der Waals surface area (Å²) in [5.74, 6) is -0.762. The smallest absolute Gasteiger partial charge is 0.317 e. The van der Waals surface area contributed by atoms with E-state index in [0.717, 1.165) is 5.56 Å². The van der Waals surface area contributed by atoms with Crippen molar-refractivity contribution in [2.45, 2.75) is 26.8 Å². The predicted molar refractivity (Wildman–Crippen MR) is 111 cm³/mol. The van der Waals surface area contributed by atoms with Gasteiger partial charge in [0.05, 0.1) is 28.7 Å². The van der Waals surface area contributed by atoms with Crippen molar-refractivity contribution in [2.24, 2.45) is 11.1 Å². The van der Waals surface area contributed by atoms with Crippen LogP contribution in [0.2, 0.25) is 15.1 Å². The molecule has 0 saturated carbocycles. The quantitative estimate of drug-likeness (QED) is 0.457. The third-order valence-electron chi connectivity index (χ3n) is 4.09. The summed E-state index contributed by atoms with van der Waals surface area (Å²) in [6, 6.07) is 10.2. The first-order chi connectivity index (χ1) is 13.3. The number of anilines is 1. The third kappa shape index (κ3) is 4.49. The molecule has 1 heterocycles. The summed E-state index contributed by atoms with van der Waals surface area (Å²) < 4.78 is 0. The summed E-state index contributed by atoms with van der Waals surface area (Å²) in [6.45, 7) is 4.04. The zero-order valence-electron chi connectivity index (χ0n) is 15.2. The second-order valence-electron chi connectivity index (χ2n) is 6.80. The van der Waals surface area contributed by atoms with E-state index in [1.807, 2.05) is 13.8 Å². The normalized spacial score (nSPS) is 14.7. The molecule has 0 N–H and O–H groups in total. The van der Waals surface area contributed by atoms with Crippen LogP contribution in [0.15, 0.2) is 41.6 Å². The molecule has 0 saturated heterocycles. The number of benzene rings is 2. The van der Waals surface area contributed by atoms with Crippen molar-refractivity contribution < 1.29 is 14.4 Å². The lowest BCUT2D eigenvalue weighted by molar-refractivity contribution is -0.144. The maximum Gasteiger partial charge on any atom is 0.335 e. The first-order valence-corrected chi connectivity index (χ1v) is 9.73. The molecule has 1 aliphatic heterocycles. The van der Waals surface area contributed by atoms with Crippen molar-refractivity contribution in [1.82, 2.24) is 0 Å². The number of hydrogen-bond acceptors (Lipinski definition) is 4. The van der Waals surface area contributed by atoms with Gasteiger partial charge >= 0.3 is 5.97 Å². The van der Waals surface area contributed by atoms with Crippen LogP contribution in [-0.4, -0.2) is 17.6 Å². The van der Waals surface area contributed by atoms with E-state index in [1.165, 1.54) is 4.90 Å². The van der Waals surface area contributed by atoms with Crippen LogP contribution in [0, 0.1) is 5.92 Å². The van der Waals surface area contributed by atoms with E-state index in [4.69, 9.17) is 39.6 Å². The molecule has 8 heteroatoms. The minimum atomic E-state index is -0.498. The van der Waals surface area contributed by atoms with Gasteiger partial charge in [-0.25, -0.2) is 4.79 Å². The third-order valence-corrected chi connectivity index (χ3v) is 5.06. The number of carbonyl (C=O) groups excluding carboxylic acids is 2. The first kappa shape index (κ1) is 20.6. The molecule has 28 heavy (non-hydrogen) atoms. The van der Waals surface area contributed by atoms with Gasteiger partial charge in [-0.05, 0) is 41.8 Å². The summed E-state index contributed by atoms with van der Waals surface area (Å²) in [5.41, 5.74) is 1.96. The number of rotatable bonds is 5. The monoisotopic (exact) mass is 438 g/mol. The molecule has 0 fully saturated rings. The number of halogens is 3. The Morgan fingerprint density at radius 3 is 2.54 bits per heavy atom. The Labute approximate surface area is 177 Å². The van der Waals surface area contributed by atoms with E-state index >= 15 is 0 Å². The zero-order chi connectivity index (χ0) is 20.4. The number of carbonyl (C=O) groups is 2. The number of oxime groups is 1. The second kappa shape index (κ2) is 8.52. The summed E-state index contributed by atoms with van der Waals surface area (Å²) in [7, 11) is 0. The Balaban J connectivity index is 1.92. The highest BCUT2D eigenvalue weighted by atomic mass is 35.5. The van der Waals surface area contributed by atoms with Gasteiger partial charge in [0.2, 0.25) is 0 Å². The summed E-state index contributed by atoms with van der Waals surface area (Å²) >= 11 is 18.1. The molecule has 0 atom stereocenters. The van der Waals surface area contributed by atoms with Gasteiger partial charge in [-0.3, -0.25) is 4.79 Å². The van der Waals surface area contributed by atoms with Crippen molar-refractivity contribution >= 4 is 58.1 Å². The minimum absolute atomic E-state index is 0.0367. The van der Waals surface area contributed by atoms with E-state index in [-0.39, 0.29) is 30.5 Å². The van der Waals surface area contributed by atoms with Crippen molar-refractivity contribution in [3.05, 3.63) is 62.6 Å². The molecule has 2 aromatic rings. The molecule has 0 unspecified atom stereocenters. The van der Waals surface area contributed by atoms with Crippen LogP contribution >= 0.6 is 34.8 Å². The van der Waals surface area contributed by atoms with Gasteiger partial charge in [0.25, 0.3) is 5.91 Å². The van der Waals surface area contributed by atoms with Crippen LogP contribution in [0.3, 0.4) is 0 Å². The van der Waals surface area contributed by atoms with Crippen LogP contribution in [0.25, 0.3) is 0 Å². The summed E-state index contributed by atoms with van der Waals surface area (Å²) in [5, 5.41) is 5.12. The van der Waals surface area contributed by atoms with Crippen molar-refractivity contribution in [1.29, 1.82) is 0 Å². The Morgan fingerprint density at radius 2 is 1.86 bits per heavy atom. The summed E-state index contributed by atoms with van der Waals surface area (Å²) in [4.78, 5) is 31.3. The fourth-order valence-corrected chi connectivity index (χ4v) is 3.31. The van der Waals surface area contributed by atoms with E-state index in [9.17, 15) is 9.59 Å². The minimum Gasteiger partial charge on any atom is -0.317 e. The number of hydrogen-bond donors (Lipinski definition) is 0. The van der Waals surface area contributed by atoms with Gasteiger partial charge in [-0.15, -0.1) is 0 Å². The average Bonchev–Trinajstić information content (AvgIpc) is 2.87. The lowest BCUT2D eigenvalue weighted by atomic mass is 10.1.